The van der Waals surface area contributed by atoms with Gasteiger partial charge in [0.1, 0.15) is 17.4 Å². The Bertz CT molecular complexity index is 766. The highest BCUT2D eigenvalue weighted by Gasteiger charge is 2.38. The van der Waals surface area contributed by atoms with Gasteiger partial charge in [0.2, 0.25) is 0 Å². The van der Waals surface area contributed by atoms with Crippen LogP contribution in [-0.4, -0.2) is 35.7 Å². The number of rotatable bonds is 3. The molecule has 1 aliphatic heterocycles. The minimum absolute atomic E-state index is 0.0531. The topological polar surface area (TPSA) is 49.8 Å². The Balaban J connectivity index is 1.99. The summed E-state index contributed by atoms with van der Waals surface area (Å²) in [6.45, 7) is 0.0531. The standard InChI is InChI=1S/C18H17F2NO3/c1-24-17-5-3-2-4-13(17)18(23)21-10-12(22)9-16(21)14-8-11(19)6-7-15(14)20/h2-8,12,16,22H,9-10H2,1H3/t12-,16-/m0/s1. The van der Waals surface area contributed by atoms with E-state index >= 15 is 0 Å². The van der Waals surface area contributed by atoms with Gasteiger partial charge in [-0.15, -0.1) is 0 Å². The highest BCUT2D eigenvalue weighted by atomic mass is 19.1. The molecule has 6 heteroatoms. The van der Waals surface area contributed by atoms with Crippen LogP contribution in [0.15, 0.2) is 42.5 Å². The number of methoxy groups -OCH3 is 1. The third-order valence-corrected chi connectivity index (χ3v) is 4.19. The molecule has 1 saturated heterocycles. The first kappa shape index (κ1) is 16.4. The Kier molecular flexibility index (Phi) is 4.49. The molecule has 2 aromatic rings. The molecule has 0 radical (unpaired) electrons. The molecule has 1 heterocycles. The number of para-hydroxylation sites is 1. The number of aliphatic hydroxyl groups excluding tert-OH is 1. The van der Waals surface area contributed by atoms with Crippen molar-refractivity contribution in [3.8, 4) is 5.75 Å². The van der Waals surface area contributed by atoms with Crippen molar-refractivity contribution >= 4 is 5.91 Å². The smallest absolute Gasteiger partial charge is 0.258 e. The molecule has 0 bridgehead atoms. The Labute approximate surface area is 138 Å². The Morgan fingerprint density at radius 1 is 1.25 bits per heavy atom. The van der Waals surface area contributed by atoms with Crippen molar-refractivity contribution in [3.63, 3.8) is 0 Å². The zero-order valence-corrected chi connectivity index (χ0v) is 13.1. The van der Waals surface area contributed by atoms with Crippen LogP contribution >= 0.6 is 0 Å². The minimum atomic E-state index is -0.795. The van der Waals surface area contributed by atoms with Gasteiger partial charge in [-0.05, 0) is 36.8 Å². The van der Waals surface area contributed by atoms with Crippen LogP contribution in [0, 0.1) is 11.6 Å². The molecule has 3 rings (SSSR count). The second kappa shape index (κ2) is 6.57. The zero-order valence-electron chi connectivity index (χ0n) is 13.1. The lowest BCUT2D eigenvalue weighted by Crippen LogP contribution is -2.32. The second-order valence-electron chi connectivity index (χ2n) is 5.73. The number of β-amino-alcohol motifs (C(OH)–C–C–N with tert-alkyl or cyclic N) is 1. The van der Waals surface area contributed by atoms with Gasteiger partial charge >= 0.3 is 0 Å². The van der Waals surface area contributed by atoms with Gasteiger partial charge in [-0.3, -0.25) is 4.79 Å². The first-order valence-electron chi connectivity index (χ1n) is 7.58. The number of likely N-dealkylation sites (tertiary alicyclic amines) is 1. The summed E-state index contributed by atoms with van der Waals surface area (Å²) in [5.41, 5.74) is 0.380. The summed E-state index contributed by atoms with van der Waals surface area (Å²) in [7, 11) is 1.45. The van der Waals surface area contributed by atoms with Crippen LogP contribution in [0.1, 0.15) is 28.4 Å². The fraction of sp³-hybridized carbons (Fsp3) is 0.278. The Morgan fingerprint density at radius 3 is 2.75 bits per heavy atom. The summed E-state index contributed by atoms with van der Waals surface area (Å²) in [6, 6.07) is 9.08. The summed E-state index contributed by atoms with van der Waals surface area (Å²) in [6.07, 6.45) is -0.641. The number of hydrogen-bond donors (Lipinski definition) is 1. The number of aliphatic hydroxyl groups is 1. The summed E-state index contributed by atoms with van der Waals surface area (Å²) in [4.78, 5) is 14.2. The van der Waals surface area contributed by atoms with E-state index in [0.29, 0.717) is 11.3 Å². The van der Waals surface area contributed by atoms with E-state index in [1.165, 1.54) is 12.0 Å². The fourth-order valence-corrected chi connectivity index (χ4v) is 3.08. The molecular weight excluding hydrogens is 316 g/mol. The average molecular weight is 333 g/mol. The van der Waals surface area contributed by atoms with E-state index in [1.807, 2.05) is 0 Å². The van der Waals surface area contributed by atoms with Gasteiger partial charge in [-0.2, -0.15) is 0 Å². The van der Waals surface area contributed by atoms with Gasteiger partial charge in [0.25, 0.3) is 5.91 Å². The largest absolute Gasteiger partial charge is 0.496 e. The fourth-order valence-electron chi connectivity index (χ4n) is 3.08. The van der Waals surface area contributed by atoms with Crippen LogP contribution in [0.25, 0.3) is 0 Å². The maximum atomic E-state index is 14.1. The third kappa shape index (κ3) is 2.97. The summed E-state index contributed by atoms with van der Waals surface area (Å²) in [5.74, 6) is -1.19. The van der Waals surface area contributed by atoms with Gasteiger partial charge in [-0.25, -0.2) is 8.78 Å². The van der Waals surface area contributed by atoms with Gasteiger partial charge in [0.05, 0.1) is 24.8 Å². The summed E-state index contributed by atoms with van der Waals surface area (Å²) in [5, 5.41) is 9.97. The molecule has 0 aliphatic carbocycles. The van der Waals surface area contributed by atoms with Gasteiger partial charge < -0.3 is 14.7 Å². The number of nitrogens with zero attached hydrogens (tertiary/aromatic N) is 1. The number of hydrogen-bond acceptors (Lipinski definition) is 3. The normalized spacial score (nSPS) is 20.2. The number of carbonyl (C=O) groups excluding carboxylic acids is 1. The van der Waals surface area contributed by atoms with Crippen LogP contribution in [0.4, 0.5) is 8.78 Å². The van der Waals surface area contributed by atoms with Crippen LogP contribution < -0.4 is 4.74 Å². The lowest BCUT2D eigenvalue weighted by atomic mass is 10.0. The van der Waals surface area contributed by atoms with E-state index in [1.54, 1.807) is 24.3 Å². The van der Waals surface area contributed by atoms with Crippen molar-refractivity contribution in [1.29, 1.82) is 0 Å². The van der Waals surface area contributed by atoms with E-state index in [-0.39, 0.29) is 18.5 Å². The van der Waals surface area contributed by atoms with E-state index in [9.17, 15) is 18.7 Å². The predicted molar refractivity (Wildman–Crippen MR) is 83.8 cm³/mol. The molecule has 0 unspecified atom stereocenters. The molecule has 1 N–H and O–H groups in total. The lowest BCUT2D eigenvalue weighted by Gasteiger charge is -2.25. The van der Waals surface area contributed by atoms with Crippen LogP contribution in [0.3, 0.4) is 0 Å². The van der Waals surface area contributed by atoms with Crippen molar-refractivity contribution in [2.24, 2.45) is 0 Å². The first-order valence-corrected chi connectivity index (χ1v) is 7.58. The SMILES string of the molecule is COc1ccccc1C(=O)N1C[C@@H](O)C[C@H]1c1cc(F)ccc1F. The van der Waals surface area contributed by atoms with Crippen molar-refractivity contribution in [2.45, 2.75) is 18.6 Å². The first-order chi connectivity index (χ1) is 11.5. The maximum Gasteiger partial charge on any atom is 0.258 e. The van der Waals surface area contributed by atoms with Crippen LogP contribution in [0.2, 0.25) is 0 Å². The Morgan fingerprint density at radius 2 is 2.00 bits per heavy atom. The molecule has 2 aromatic carbocycles. The maximum absolute atomic E-state index is 14.1. The number of halogens is 2. The van der Waals surface area contributed by atoms with Gasteiger partial charge in [0, 0.05) is 12.1 Å². The molecule has 0 spiro atoms. The summed E-state index contributed by atoms with van der Waals surface area (Å²) >= 11 is 0. The molecule has 4 nitrogen and oxygen atoms in total. The van der Waals surface area contributed by atoms with Gasteiger partial charge in [-0.1, -0.05) is 12.1 Å². The highest BCUT2D eigenvalue weighted by Crippen LogP contribution is 2.36. The molecule has 2 atom stereocenters. The molecule has 0 aromatic heterocycles. The number of benzene rings is 2. The lowest BCUT2D eigenvalue weighted by molar-refractivity contribution is 0.0710. The van der Waals surface area contributed by atoms with Crippen LogP contribution in [0.5, 0.6) is 5.75 Å². The number of carbonyl (C=O) groups is 1. The molecule has 1 amide bonds. The van der Waals surface area contributed by atoms with Crippen molar-refractivity contribution in [1.82, 2.24) is 4.90 Å². The predicted octanol–water partition coefficient (Wildman–Crippen LogP) is 2.92. The zero-order chi connectivity index (χ0) is 17.3. The quantitative estimate of drug-likeness (QED) is 0.940. The molecular formula is C18H17F2NO3. The highest BCUT2D eigenvalue weighted by molar-refractivity contribution is 5.97. The molecule has 0 saturated carbocycles. The van der Waals surface area contributed by atoms with Gasteiger partial charge in [0.15, 0.2) is 0 Å². The molecule has 126 valence electrons. The Hall–Kier alpha value is -2.47. The minimum Gasteiger partial charge on any atom is -0.496 e. The second-order valence-corrected chi connectivity index (χ2v) is 5.73. The van der Waals surface area contributed by atoms with Crippen molar-refractivity contribution in [2.75, 3.05) is 13.7 Å². The van der Waals surface area contributed by atoms with E-state index < -0.39 is 29.7 Å². The van der Waals surface area contributed by atoms with Crippen LogP contribution in [-0.2, 0) is 0 Å². The van der Waals surface area contributed by atoms with Crippen molar-refractivity contribution in [3.05, 3.63) is 65.2 Å². The molecule has 1 fully saturated rings. The van der Waals surface area contributed by atoms with Crippen molar-refractivity contribution < 1.29 is 23.4 Å². The average Bonchev–Trinajstić information content (AvgIpc) is 2.98. The monoisotopic (exact) mass is 333 g/mol. The third-order valence-electron chi connectivity index (χ3n) is 4.19. The number of amides is 1. The summed E-state index contributed by atoms with van der Waals surface area (Å²) < 4.78 is 32.8. The molecule has 24 heavy (non-hydrogen) atoms. The molecule has 1 aliphatic rings. The van der Waals surface area contributed by atoms with E-state index in [2.05, 4.69) is 0 Å². The van der Waals surface area contributed by atoms with E-state index in [0.717, 1.165) is 18.2 Å². The number of ether oxygens (including phenoxy) is 1. The van der Waals surface area contributed by atoms with E-state index in [4.69, 9.17) is 4.74 Å².